The van der Waals surface area contributed by atoms with Crippen molar-refractivity contribution in [1.82, 2.24) is 5.32 Å². The summed E-state index contributed by atoms with van der Waals surface area (Å²) in [6, 6.07) is 4.53. The van der Waals surface area contributed by atoms with Gasteiger partial charge in [-0.15, -0.1) is 0 Å². The molecule has 0 aliphatic heterocycles. The number of benzene rings is 1. The average molecular weight is 289 g/mol. The van der Waals surface area contributed by atoms with Crippen molar-refractivity contribution in [2.75, 3.05) is 6.54 Å². The minimum atomic E-state index is -0.618. The van der Waals surface area contributed by atoms with Gasteiger partial charge in [0.1, 0.15) is 0 Å². The molecule has 1 aromatic carbocycles. The van der Waals surface area contributed by atoms with Gasteiger partial charge < -0.3 is 10.4 Å². The van der Waals surface area contributed by atoms with E-state index in [-0.39, 0.29) is 5.92 Å². The van der Waals surface area contributed by atoms with Gasteiger partial charge in [-0.1, -0.05) is 12.1 Å². The van der Waals surface area contributed by atoms with E-state index < -0.39 is 5.97 Å². The van der Waals surface area contributed by atoms with Crippen LogP contribution < -0.4 is 5.32 Å². The van der Waals surface area contributed by atoms with E-state index in [0.29, 0.717) is 5.92 Å². The first kappa shape index (κ1) is 16.0. The maximum atomic E-state index is 10.9. The Morgan fingerprint density at radius 1 is 1.10 bits per heavy atom. The Bertz CT molecular complexity index is 502. The van der Waals surface area contributed by atoms with Crippen molar-refractivity contribution in [2.45, 2.75) is 53.0 Å². The van der Waals surface area contributed by atoms with E-state index >= 15 is 0 Å². The molecule has 0 atom stereocenters. The summed E-state index contributed by atoms with van der Waals surface area (Å²) in [5, 5.41) is 12.6. The molecule has 1 aliphatic carbocycles. The van der Waals surface area contributed by atoms with Crippen molar-refractivity contribution in [2.24, 2.45) is 11.8 Å². The topological polar surface area (TPSA) is 49.3 Å². The first-order valence-corrected chi connectivity index (χ1v) is 7.97. The second kappa shape index (κ2) is 7.08. The summed E-state index contributed by atoms with van der Waals surface area (Å²) in [5.41, 5.74) is 5.42. The Morgan fingerprint density at radius 3 is 2.33 bits per heavy atom. The molecule has 116 valence electrons. The summed E-state index contributed by atoms with van der Waals surface area (Å²) < 4.78 is 0. The fourth-order valence-electron chi connectivity index (χ4n) is 3.24. The number of hydrogen-bond acceptors (Lipinski definition) is 2. The number of carboxylic acids is 1. The highest BCUT2D eigenvalue weighted by molar-refractivity contribution is 5.69. The SMILES string of the molecule is Cc1cc(C)c(CNCC2CCC(C(=O)O)CC2)cc1C. The molecule has 0 saturated heterocycles. The summed E-state index contributed by atoms with van der Waals surface area (Å²) in [5.74, 6) is -0.0946. The van der Waals surface area contributed by atoms with Crippen LogP contribution in [0.4, 0.5) is 0 Å². The van der Waals surface area contributed by atoms with Crippen LogP contribution >= 0.6 is 0 Å². The van der Waals surface area contributed by atoms with Crippen LogP contribution in [0.25, 0.3) is 0 Å². The van der Waals surface area contributed by atoms with E-state index in [1.807, 2.05) is 0 Å². The molecule has 2 N–H and O–H groups in total. The van der Waals surface area contributed by atoms with Gasteiger partial charge in [-0.05, 0) is 81.2 Å². The molecule has 2 rings (SSSR count). The summed E-state index contributed by atoms with van der Waals surface area (Å²) in [6.45, 7) is 8.39. The molecule has 0 spiro atoms. The Kier molecular flexibility index (Phi) is 5.40. The second-order valence-electron chi connectivity index (χ2n) is 6.55. The Balaban J connectivity index is 1.78. The van der Waals surface area contributed by atoms with Crippen molar-refractivity contribution in [3.8, 4) is 0 Å². The predicted octanol–water partition coefficient (Wildman–Crippen LogP) is 3.59. The van der Waals surface area contributed by atoms with Gasteiger partial charge in [0.05, 0.1) is 5.92 Å². The highest BCUT2D eigenvalue weighted by Gasteiger charge is 2.25. The molecule has 0 unspecified atom stereocenters. The maximum absolute atomic E-state index is 10.9. The third kappa shape index (κ3) is 4.31. The standard InChI is InChI=1S/C18H27NO2/c1-12-8-14(3)17(9-13(12)2)11-19-10-15-4-6-16(7-5-15)18(20)21/h8-9,15-16,19H,4-7,10-11H2,1-3H3,(H,20,21). The van der Waals surface area contributed by atoms with Crippen molar-refractivity contribution in [1.29, 1.82) is 0 Å². The second-order valence-corrected chi connectivity index (χ2v) is 6.55. The first-order valence-electron chi connectivity index (χ1n) is 7.97. The number of carboxylic acid groups (broad SMARTS) is 1. The van der Waals surface area contributed by atoms with Gasteiger partial charge in [0.2, 0.25) is 0 Å². The number of aliphatic carboxylic acids is 1. The molecule has 1 fully saturated rings. The van der Waals surface area contributed by atoms with Crippen LogP contribution in [0.1, 0.15) is 47.9 Å². The van der Waals surface area contributed by atoms with E-state index in [9.17, 15) is 4.79 Å². The van der Waals surface area contributed by atoms with Crippen molar-refractivity contribution in [3.05, 3.63) is 34.4 Å². The average Bonchev–Trinajstić information content (AvgIpc) is 2.45. The predicted molar refractivity (Wildman–Crippen MR) is 85.4 cm³/mol. The van der Waals surface area contributed by atoms with E-state index in [2.05, 4.69) is 38.2 Å². The molecule has 0 bridgehead atoms. The first-order chi connectivity index (χ1) is 9.97. The molecule has 1 aromatic rings. The summed E-state index contributed by atoms with van der Waals surface area (Å²) >= 11 is 0. The normalized spacial score (nSPS) is 22.2. The molecular weight excluding hydrogens is 262 g/mol. The fraction of sp³-hybridized carbons (Fsp3) is 0.611. The molecule has 21 heavy (non-hydrogen) atoms. The zero-order valence-electron chi connectivity index (χ0n) is 13.4. The summed E-state index contributed by atoms with van der Waals surface area (Å²) in [7, 11) is 0. The molecule has 0 aromatic heterocycles. The van der Waals surface area contributed by atoms with Crippen LogP contribution in [-0.4, -0.2) is 17.6 Å². The fourth-order valence-corrected chi connectivity index (χ4v) is 3.24. The summed E-state index contributed by atoms with van der Waals surface area (Å²) in [6.07, 6.45) is 3.75. The minimum absolute atomic E-state index is 0.108. The number of aryl methyl sites for hydroxylation is 3. The van der Waals surface area contributed by atoms with Gasteiger partial charge in [0, 0.05) is 6.54 Å². The zero-order chi connectivity index (χ0) is 15.4. The zero-order valence-corrected chi connectivity index (χ0v) is 13.4. The maximum Gasteiger partial charge on any atom is 0.306 e. The molecule has 3 heteroatoms. The van der Waals surface area contributed by atoms with Crippen LogP contribution in [-0.2, 0) is 11.3 Å². The van der Waals surface area contributed by atoms with Crippen LogP contribution in [0.15, 0.2) is 12.1 Å². The molecule has 1 saturated carbocycles. The van der Waals surface area contributed by atoms with Gasteiger partial charge in [0.25, 0.3) is 0 Å². The van der Waals surface area contributed by atoms with Gasteiger partial charge in [-0.2, -0.15) is 0 Å². The van der Waals surface area contributed by atoms with Gasteiger partial charge >= 0.3 is 5.97 Å². The van der Waals surface area contributed by atoms with Crippen LogP contribution in [0.5, 0.6) is 0 Å². The van der Waals surface area contributed by atoms with Gasteiger partial charge in [-0.25, -0.2) is 0 Å². The van der Waals surface area contributed by atoms with E-state index in [1.165, 1.54) is 22.3 Å². The summed E-state index contributed by atoms with van der Waals surface area (Å²) in [4.78, 5) is 10.9. The number of carbonyl (C=O) groups is 1. The van der Waals surface area contributed by atoms with Gasteiger partial charge in [0.15, 0.2) is 0 Å². The Morgan fingerprint density at radius 2 is 1.71 bits per heavy atom. The quantitative estimate of drug-likeness (QED) is 0.871. The van der Waals surface area contributed by atoms with Crippen molar-refractivity contribution < 1.29 is 9.90 Å². The lowest BCUT2D eigenvalue weighted by Crippen LogP contribution is -2.28. The smallest absolute Gasteiger partial charge is 0.306 e. The largest absolute Gasteiger partial charge is 0.481 e. The highest BCUT2D eigenvalue weighted by atomic mass is 16.4. The lowest BCUT2D eigenvalue weighted by Gasteiger charge is -2.26. The van der Waals surface area contributed by atoms with Crippen molar-refractivity contribution in [3.63, 3.8) is 0 Å². The molecule has 1 aliphatic rings. The molecular formula is C18H27NO2. The Hall–Kier alpha value is -1.35. The molecule has 0 radical (unpaired) electrons. The monoisotopic (exact) mass is 289 g/mol. The van der Waals surface area contributed by atoms with Gasteiger partial charge in [-0.3, -0.25) is 4.79 Å². The number of hydrogen-bond donors (Lipinski definition) is 2. The molecule has 0 amide bonds. The van der Waals surface area contributed by atoms with E-state index in [0.717, 1.165) is 38.8 Å². The number of nitrogens with one attached hydrogen (secondary N) is 1. The molecule has 0 heterocycles. The molecule has 3 nitrogen and oxygen atoms in total. The minimum Gasteiger partial charge on any atom is -0.481 e. The van der Waals surface area contributed by atoms with Crippen LogP contribution in [0.3, 0.4) is 0 Å². The third-order valence-electron chi connectivity index (χ3n) is 4.90. The van der Waals surface area contributed by atoms with Crippen LogP contribution in [0.2, 0.25) is 0 Å². The third-order valence-corrected chi connectivity index (χ3v) is 4.90. The Labute approximate surface area is 127 Å². The highest BCUT2D eigenvalue weighted by Crippen LogP contribution is 2.28. The van der Waals surface area contributed by atoms with Crippen molar-refractivity contribution >= 4 is 5.97 Å². The van der Waals surface area contributed by atoms with E-state index in [4.69, 9.17) is 5.11 Å². The van der Waals surface area contributed by atoms with E-state index in [1.54, 1.807) is 0 Å². The lowest BCUT2D eigenvalue weighted by molar-refractivity contribution is -0.143. The number of rotatable bonds is 5. The lowest BCUT2D eigenvalue weighted by atomic mass is 9.82. The van der Waals surface area contributed by atoms with Crippen LogP contribution in [0, 0.1) is 32.6 Å².